The van der Waals surface area contributed by atoms with E-state index in [0.29, 0.717) is 24.3 Å². The lowest BCUT2D eigenvalue weighted by molar-refractivity contribution is -0.220. The van der Waals surface area contributed by atoms with Gasteiger partial charge in [-0.2, -0.15) is 0 Å². The Hall–Kier alpha value is -4.74. The molecule has 1 amide bonds. The molecule has 0 saturated carbocycles. The number of benzene rings is 3. The van der Waals surface area contributed by atoms with Gasteiger partial charge < -0.3 is 34.4 Å². The molecule has 11 nitrogen and oxygen atoms in total. The Morgan fingerprint density at radius 1 is 0.837 bits per heavy atom. The fourth-order valence-electron chi connectivity index (χ4n) is 5.18. The number of hydrogen-bond acceptors (Lipinski definition) is 7. The van der Waals surface area contributed by atoms with Crippen LogP contribution in [0.15, 0.2) is 84.9 Å². The molecule has 0 aliphatic carbocycles. The average molecular weight is 592 g/mol. The van der Waals surface area contributed by atoms with Crippen LogP contribution >= 0.6 is 0 Å². The number of carbonyl (C=O) groups excluding carboxylic acids is 1. The zero-order valence-corrected chi connectivity index (χ0v) is 23.7. The van der Waals surface area contributed by atoms with Gasteiger partial charge in [-0.15, -0.1) is 0 Å². The monoisotopic (exact) mass is 591 g/mol. The van der Waals surface area contributed by atoms with Gasteiger partial charge in [0, 0.05) is 12.0 Å². The van der Waals surface area contributed by atoms with Gasteiger partial charge in [0.1, 0.15) is 18.0 Å². The summed E-state index contributed by atoms with van der Waals surface area (Å²) < 4.78 is 16.3. The summed E-state index contributed by atoms with van der Waals surface area (Å²) in [5.74, 6) is -8.27. The molecule has 3 N–H and O–H groups in total. The molecule has 0 unspecified atom stereocenters. The standard InChI is InChI=1S/C32H33NO10/c1-20(33(19-27(34)35)29(36)28-21(2)42-32(43-28,30(37)38)31(39)40)26(18-13-22-9-5-3-6-10-22)23-14-16-25(17-15-23)41-24-11-7-4-8-12-24/h3-12,14-17,20-21,26,28H,13,18-19H2,1-2H3,(H,34,35)(H,37,38)(H,39,40)/t20-,21+,26+,28+/m1/s1. The number of nitrogens with zero attached hydrogens (tertiary/aromatic N) is 1. The molecule has 4 atom stereocenters. The van der Waals surface area contributed by atoms with Crippen molar-refractivity contribution in [1.82, 2.24) is 4.90 Å². The van der Waals surface area contributed by atoms with Gasteiger partial charge in [-0.1, -0.05) is 60.7 Å². The lowest BCUT2D eigenvalue weighted by Gasteiger charge is -2.36. The van der Waals surface area contributed by atoms with Gasteiger partial charge in [0.25, 0.3) is 5.91 Å². The van der Waals surface area contributed by atoms with E-state index in [1.54, 1.807) is 19.1 Å². The lowest BCUT2D eigenvalue weighted by Crippen LogP contribution is -2.52. The van der Waals surface area contributed by atoms with Gasteiger partial charge >= 0.3 is 23.7 Å². The van der Waals surface area contributed by atoms with Crippen LogP contribution in [0, 0.1) is 0 Å². The summed E-state index contributed by atoms with van der Waals surface area (Å²) in [6.07, 6.45) is -1.79. The fourth-order valence-corrected chi connectivity index (χ4v) is 5.18. The van der Waals surface area contributed by atoms with Gasteiger partial charge in [0.2, 0.25) is 0 Å². The van der Waals surface area contributed by atoms with Crippen molar-refractivity contribution in [3.8, 4) is 11.5 Å². The van der Waals surface area contributed by atoms with Crippen LogP contribution in [-0.2, 0) is 35.1 Å². The van der Waals surface area contributed by atoms with Crippen LogP contribution in [0.25, 0.3) is 0 Å². The summed E-state index contributed by atoms with van der Waals surface area (Å²) in [4.78, 5) is 50.3. The fraction of sp³-hybridized carbons (Fsp3) is 0.312. The van der Waals surface area contributed by atoms with Gasteiger partial charge in [-0.3, -0.25) is 9.59 Å². The van der Waals surface area contributed by atoms with Crippen LogP contribution < -0.4 is 4.74 Å². The molecule has 1 aliphatic rings. The minimum absolute atomic E-state index is 0.379. The van der Waals surface area contributed by atoms with Gasteiger partial charge in [-0.25, -0.2) is 9.59 Å². The maximum absolute atomic E-state index is 13.8. The summed E-state index contributed by atoms with van der Waals surface area (Å²) in [5, 5.41) is 28.8. The number of para-hydroxylation sites is 1. The van der Waals surface area contributed by atoms with Crippen molar-refractivity contribution in [3.63, 3.8) is 0 Å². The molecule has 3 aromatic carbocycles. The van der Waals surface area contributed by atoms with Crippen LogP contribution in [0.1, 0.15) is 37.3 Å². The largest absolute Gasteiger partial charge is 0.480 e. The minimum atomic E-state index is -3.08. The van der Waals surface area contributed by atoms with Gasteiger partial charge in [0.05, 0.1) is 6.10 Å². The van der Waals surface area contributed by atoms with E-state index < -0.39 is 54.4 Å². The number of hydrogen-bond donors (Lipinski definition) is 3. The number of carboxylic acids is 3. The Kier molecular flexibility index (Phi) is 9.79. The topological polar surface area (TPSA) is 160 Å². The summed E-state index contributed by atoms with van der Waals surface area (Å²) in [7, 11) is 0. The van der Waals surface area contributed by atoms with Crippen LogP contribution in [0.5, 0.6) is 11.5 Å². The highest BCUT2D eigenvalue weighted by Crippen LogP contribution is 2.35. The van der Waals surface area contributed by atoms with Gasteiger partial charge in [0.15, 0.2) is 6.10 Å². The van der Waals surface area contributed by atoms with Crippen molar-refractivity contribution in [3.05, 3.63) is 96.1 Å². The average Bonchev–Trinajstić information content (AvgIpc) is 3.36. The molecule has 0 aromatic heterocycles. The molecule has 0 spiro atoms. The number of carboxylic acid groups (broad SMARTS) is 3. The van der Waals surface area contributed by atoms with E-state index in [4.69, 9.17) is 14.2 Å². The molecule has 1 aliphatic heterocycles. The van der Waals surface area contributed by atoms with E-state index in [2.05, 4.69) is 0 Å². The SMILES string of the molecule is C[C@@H]1OC(C(=O)O)(C(=O)O)O[C@@H]1C(=O)N(CC(=O)O)[C@H](C)[C@H](CCc1ccccc1)c1ccc(Oc2ccccc2)cc1. The molecule has 226 valence electrons. The van der Waals surface area contributed by atoms with Crippen molar-refractivity contribution < 1.29 is 48.7 Å². The van der Waals surface area contributed by atoms with E-state index in [1.165, 1.54) is 6.92 Å². The highest BCUT2D eigenvalue weighted by molar-refractivity contribution is 6.01. The maximum Gasteiger partial charge on any atom is 0.377 e. The predicted molar refractivity (Wildman–Crippen MR) is 153 cm³/mol. The van der Waals surface area contributed by atoms with Crippen LogP contribution in [0.4, 0.5) is 0 Å². The molecule has 11 heteroatoms. The smallest absolute Gasteiger partial charge is 0.377 e. The first kappa shape index (κ1) is 31.2. The van der Waals surface area contributed by atoms with E-state index in [9.17, 15) is 34.5 Å². The Balaban J connectivity index is 1.64. The Morgan fingerprint density at radius 2 is 1.40 bits per heavy atom. The van der Waals surface area contributed by atoms with Crippen molar-refractivity contribution in [1.29, 1.82) is 0 Å². The molecule has 1 heterocycles. The van der Waals surface area contributed by atoms with E-state index >= 15 is 0 Å². The van der Waals surface area contributed by atoms with E-state index in [0.717, 1.165) is 16.0 Å². The molecule has 43 heavy (non-hydrogen) atoms. The Morgan fingerprint density at radius 3 is 1.93 bits per heavy atom. The third-order valence-electron chi connectivity index (χ3n) is 7.41. The zero-order valence-electron chi connectivity index (χ0n) is 23.7. The highest BCUT2D eigenvalue weighted by Gasteiger charge is 2.61. The third-order valence-corrected chi connectivity index (χ3v) is 7.41. The van der Waals surface area contributed by atoms with Crippen molar-refractivity contribution in [2.75, 3.05) is 6.54 Å². The molecule has 1 saturated heterocycles. The lowest BCUT2D eigenvalue weighted by atomic mass is 9.85. The van der Waals surface area contributed by atoms with Crippen molar-refractivity contribution >= 4 is 23.8 Å². The summed E-state index contributed by atoms with van der Waals surface area (Å²) in [6.45, 7) is 2.28. The van der Waals surface area contributed by atoms with Crippen LogP contribution in [-0.4, -0.2) is 74.6 Å². The van der Waals surface area contributed by atoms with Crippen molar-refractivity contribution in [2.45, 2.75) is 56.6 Å². The second kappa shape index (κ2) is 13.5. The number of carbonyl (C=O) groups is 4. The number of rotatable bonds is 13. The van der Waals surface area contributed by atoms with Crippen LogP contribution in [0.2, 0.25) is 0 Å². The number of aliphatic carboxylic acids is 3. The third kappa shape index (κ3) is 7.19. The quantitative estimate of drug-likeness (QED) is 0.246. The van der Waals surface area contributed by atoms with E-state index in [1.807, 2.05) is 72.8 Å². The summed E-state index contributed by atoms with van der Waals surface area (Å²) in [6, 6.07) is 25.5. The second-order valence-corrected chi connectivity index (χ2v) is 10.3. The maximum atomic E-state index is 13.8. The van der Waals surface area contributed by atoms with Gasteiger partial charge in [-0.05, 0) is 62.1 Å². The number of amides is 1. The summed E-state index contributed by atoms with van der Waals surface area (Å²) in [5.41, 5.74) is 1.86. The Labute approximate surface area is 248 Å². The molecular formula is C32H33NO10. The normalized spacial score (nSPS) is 18.7. The first-order valence-electron chi connectivity index (χ1n) is 13.7. The number of aryl methyl sites for hydroxylation is 1. The minimum Gasteiger partial charge on any atom is -0.480 e. The van der Waals surface area contributed by atoms with E-state index in [-0.39, 0.29) is 5.92 Å². The molecular weight excluding hydrogens is 558 g/mol. The second-order valence-electron chi connectivity index (χ2n) is 10.3. The zero-order chi connectivity index (χ0) is 31.1. The molecule has 4 rings (SSSR count). The Bertz CT molecular complexity index is 1410. The predicted octanol–water partition coefficient (Wildman–Crippen LogP) is 4.17. The summed E-state index contributed by atoms with van der Waals surface area (Å²) >= 11 is 0. The van der Waals surface area contributed by atoms with Crippen molar-refractivity contribution in [2.24, 2.45) is 0 Å². The first-order valence-corrected chi connectivity index (χ1v) is 13.7. The highest BCUT2D eigenvalue weighted by atomic mass is 16.8. The number of ether oxygens (including phenoxy) is 3. The first-order chi connectivity index (χ1) is 20.5. The molecule has 3 aromatic rings. The van der Waals surface area contributed by atoms with Crippen LogP contribution in [0.3, 0.4) is 0 Å². The molecule has 0 bridgehead atoms. The molecule has 1 fully saturated rings. The molecule has 0 radical (unpaired) electrons.